The summed E-state index contributed by atoms with van der Waals surface area (Å²) in [5.74, 6) is 0.769. The number of hydrogen-bond donors (Lipinski definition) is 0. The summed E-state index contributed by atoms with van der Waals surface area (Å²) in [6.07, 6.45) is 2.00. The third kappa shape index (κ3) is 3.96. The number of nitrogens with zero attached hydrogens (tertiary/aromatic N) is 5. The number of fused-ring (bicyclic) bond motifs is 1. The van der Waals surface area contributed by atoms with Gasteiger partial charge in [0.15, 0.2) is 11.5 Å². The van der Waals surface area contributed by atoms with Crippen LogP contribution in [0.1, 0.15) is 5.56 Å². The highest BCUT2D eigenvalue weighted by Gasteiger charge is 2.22. The number of carbonyl (C=O) groups excluding carboxylic acids is 1. The zero-order chi connectivity index (χ0) is 22.8. The molecular weight excluding hydrogens is 413 g/mol. The van der Waals surface area contributed by atoms with Crippen molar-refractivity contribution < 1.29 is 13.9 Å². The minimum atomic E-state index is -0.504. The maximum absolute atomic E-state index is 13.1. The van der Waals surface area contributed by atoms with Crippen molar-refractivity contribution in [3.05, 3.63) is 76.6 Å². The number of aryl methyl sites for hydroxylation is 1. The summed E-state index contributed by atoms with van der Waals surface area (Å²) < 4.78 is 20.7. The van der Waals surface area contributed by atoms with Crippen molar-refractivity contribution >= 4 is 17.2 Å². The Kier molecular flexibility index (Phi) is 5.72. The molecular formula is C23H22FN5O3. The molecule has 0 saturated heterocycles. The number of ether oxygens (including phenoxy) is 1. The SMILES string of the molecule is COc1cccc(-c2ncc3c(n2)n(C)c(=O)n3C(=O)N(C)CCc2ccc(F)cc2)c1. The highest BCUT2D eigenvalue weighted by atomic mass is 19.1. The van der Waals surface area contributed by atoms with Crippen molar-refractivity contribution in [1.29, 1.82) is 0 Å². The van der Waals surface area contributed by atoms with E-state index < -0.39 is 11.7 Å². The highest BCUT2D eigenvalue weighted by molar-refractivity contribution is 5.88. The molecule has 0 unspecified atom stereocenters. The molecule has 0 atom stereocenters. The summed E-state index contributed by atoms with van der Waals surface area (Å²) in [6.45, 7) is 0.357. The van der Waals surface area contributed by atoms with Gasteiger partial charge in [-0.05, 0) is 36.2 Å². The number of carbonyl (C=O) groups is 1. The third-order valence-electron chi connectivity index (χ3n) is 5.28. The Balaban J connectivity index is 1.63. The first kappa shape index (κ1) is 21.2. The lowest BCUT2D eigenvalue weighted by Crippen LogP contribution is -2.38. The van der Waals surface area contributed by atoms with E-state index in [1.165, 1.54) is 27.8 Å². The van der Waals surface area contributed by atoms with Crippen molar-refractivity contribution in [3.63, 3.8) is 0 Å². The predicted molar refractivity (Wildman–Crippen MR) is 118 cm³/mol. The van der Waals surface area contributed by atoms with Gasteiger partial charge < -0.3 is 9.64 Å². The lowest BCUT2D eigenvalue weighted by Gasteiger charge is -2.17. The molecule has 2 aromatic carbocycles. The van der Waals surface area contributed by atoms with Gasteiger partial charge in [-0.25, -0.2) is 28.5 Å². The number of likely N-dealkylation sites (N-methyl/N-ethyl adjacent to an activating group) is 1. The Morgan fingerprint density at radius 3 is 2.66 bits per heavy atom. The number of imidazole rings is 1. The molecule has 2 heterocycles. The van der Waals surface area contributed by atoms with Crippen LogP contribution in [-0.2, 0) is 13.5 Å². The van der Waals surface area contributed by atoms with Gasteiger partial charge in [-0.3, -0.25) is 4.57 Å². The quantitative estimate of drug-likeness (QED) is 0.481. The molecule has 0 radical (unpaired) electrons. The molecule has 32 heavy (non-hydrogen) atoms. The normalized spacial score (nSPS) is 11.0. The van der Waals surface area contributed by atoms with Crippen LogP contribution in [0.4, 0.5) is 9.18 Å². The lowest BCUT2D eigenvalue weighted by atomic mass is 10.1. The zero-order valence-corrected chi connectivity index (χ0v) is 17.9. The fraction of sp³-hybridized carbons (Fsp3) is 0.217. The average molecular weight is 435 g/mol. The van der Waals surface area contributed by atoms with E-state index >= 15 is 0 Å². The fourth-order valence-corrected chi connectivity index (χ4v) is 3.42. The molecule has 0 bridgehead atoms. The minimum absolute atomic E-state index is 0.311. The van der Waals surface area contributed by atoms with Gasteiger partial charge in [0, 0.05) is 26.2 Å². The second kappa shape index (κ2) is 8.62. The van der Waals surface area contributed by atoms with Crippen molar-refractivity contribution in [1.82, 2.24) is 24.0 Å². The summed E-state index contributed by atoms with van der Waals surface area (Å²) in [6, 6.07) is 12.9. The van der Waals surface area contributed by atoms with E-state index in [0.717, 1.165) is 15.7 Å². The molecule has 0 aliphatic heterocycles. The number of rotatable bonds is 5. The van der Waals surface area contributed by atoms with Crippen LogP contribution in [0.5, 0.6) is 5.75 Å². The van der Waals surface area contributed by atoms with Gasteiger partial charge in [0.25, 0.3) is 0 Å². The van der Waals surface area contributed by atoms with E-state index in [9.17, 15) is 14.0 Å². The van der Waals surface area contributed by atoms with Crippen molar-refractivity contribution in [2.75, 3.05) is 20.7 Å². The minimum Gasteiger partial charge on any atom is -0.497 e. The largest absolute Gasteiger partial charge is 0.497 e. The molecule has 0 fully saturated rings. The highest BCUT2D eigenvalue weighted by Crippen LogP contribution is 2.22. The Labute approximate surface area is 183 Å². The Morgan fingerprint density at radius 1 is 1.19 bits per heavy atom. The summed E-state index contributed by atoms with van der Waals surface area (Å²) in [4.78, 5) is 36.2. The van der Waals surface area contributed by atoms with Gasteiger partial charge in [-0.1, -0.05) is 24.3 Å². The molecule has 0 aliphatic carbocycles. The number of halogens is 1. The van der Waals surface area contributed by atoms with Gasteiger partial charge in [-0.2, -0.15) is 0 Å². The molecule has 0 saturated carbocycles. The maximum Gasteiger partial charge on any atom is 0.338 e. The van der Waals surface area contributed by atoms with Gasteiger partial charge in [0.1, 0.15) is 17.1 Å². The topological polar surface area (TPSA) is 82.2 Å². The first-order valence-corrected chi connectivity index (χ1v) is 9.98. The van der Waals surface area contributed by atoms with E-state index in [-0.39, 0.29) is 5.82 Å². The molecule has 8 nitrogen and oxygen atoms in total. The van der Waals surface area contributed by atoms with Gasteiger partial charge in [0.2, 0.25) is 0 Å². The first-order valence-electron chi connectivity index (χ1n) is 9.98. The zero-order valence-electron chi connectivity index (χ0n) is 17.9. The Morgan fingerprint density at radius 2 is 1.94 bits per heavy atom. The van der Waals surface area contributed by atoms with Crippen LogP contribution in [0, 0.1) is 5.82 Å². The van der Waals surface area contributed by atoms with E-state index in [0.29, 0.717) is 35.7 Å². The van der Waals surface area contributed by atoms with E-state index in [4.69, 9.17) is 4.74 Å². The molecule has 4 aromatic rings. The third-order valence-corrected chi connectivity index (χ3v) is 5.28. The maximum atomic E-state index is 13.1. The standard InChI is InChI=1S/C23H22FN5O3/c1-27(12-11-15-7-9-17(24)10-8-15)22(30)29-19-14-25-20(26-21(19)28(2)23(29)31)16-5-4-6-18(13-16)32-3/h4-10,13-14H,11-12H2,1-3H3. The molecule has 0 spiro atoms. The average Bonchev–Trinajstić information content (AvgIpc) is 3.07. The Bertz CT molecular complexity index is 1340. The van der Waals surface area contributed by atoms with Crippen LogP contribution >= 0.6 is 0 Å². The second-order valence-corrected chi connectivity index (χ2v) is 7.39. The number of aromatic nitrogens is 4. The van der Waals surface area contributed by atoms with E-state index in [1.807, 2.05) is 18.2 Å². The number of benzene rings is 2. The molecule has 0 N–H and O–H groups in total. The molecule has 9 heteroatoms. The molecule has 164 valence electrons. The van der Waals surface area contributed by atoms with Gasteiger partial charge in [0.05, 0.1) is 13.3 Å². The molecule has 2 aromatic heterocycles. The lowest BCUT2D eigenvalue weighted by molar-refractivity contribution is 0.211. The summed E-state index contributed by atoms with van der Waals surface area (Å²) in [7, 11) is 4.75. The van der Waals surface area contributed by atoms with Crippen LogP contribution in [0.3, 0.4) is 0 Å². The smallest absolute Gasteiger partial charge is 0.338 e. The van der Waals surface area contributed by atoms with Crippen LogP contribution < -0.4 is 10.4 Å². The van der Waals surface area contributed by atoms with Gasteiger partial charge in [-0.15, -0.1) is 0 Å². The van der Waals surface area contributed by atoms with E-state index in [1.54, 1.807) is 39.4 Å². The van der Waals surface area contributed by atoms with Crippen molar-refractivity contribution in [3.8, 4) is 17.1 Å². The second-order valence-electron chi connectivity index (χ2n) is 7.39. The van der Waals surface area contributed by atoms with Crippen LogP contribution in [-0.4, -0.2) is 50.7 Å². The summed E-state index contributed by atoms with van der Waals surface area (Å²) in [5.41, 5.74) is 1.79. The molecule has 1 amide bonds. The fourth-order valence-electron chi connectivity index (χ4n) is 3.42. The Hall–Kier alpha value is -4.01. The van der Waals surface area contributed by atoms with Gasteiger partial charge >= 0.3 is 11.7 Å². The predicted octanol–water partition coefficient (Wildman–Crippen LogP) is 3.09. The molecule has 0 aliphatic rings. The van der Waals surface area contributed by atoms with Crippen LogP contribution in [0.25, 0.3) is 22.6 Å². The first-order chi connectivity index (χ1) is 15.4. The van der Waals surface area contributed by atoms with E-state index in [2.05, 4.69) is 9.97 Å². The monoisotopic (exact) mass is 435 g/mol. The summed E-state index contributed by atoms with van der Waals surface area (Å²) in [5, 5.41) is 0. The van der Waals surface area contributed by atoms with Crippen molar-refractivity contribution in [2.24, 2.45) is 7.05 Å². The number of hydrogen-bond acceptors (Lipinski definition) is 5. The van der Waals surface area contributed by atoms with Crippen molar-refractivity contribution in [2.45, 2.75) is 6.42 Å². The number of amides is 1. The summed E-state index contributed by atoms with van der Waals surface area (Å²) >= 11 is 0. The molecule has 4 rings (SSSR count). The van der Waals surface area contributed by atoms with Crippen LogP contribution in [0.15, 0.2) is 59.5 Å². The number of methoxy groups -OCH3 is 1. The van der Waals surface area contributed by atoms with Crippen LogP contribution in [0.2, 0.25) is 0 Å².